The number of carbonyl (C=O) groups excluding carboxylic acids is 2. The van der Waals surface area contributed by atoms with Gasteiger partial charge in [0.1, 0.15) is 17.7 Å². The number of likely N-dealkylation sites (N-methyl/N-ethyl adjacent to an activating group) is 1. The molecule has 8 atom stereocenters. The predicted molar refractivity (Wildman–Crippen MR) is 116 cm³/mol. The molecule has 1 saturated heterocycles. The summed E-state index contributed by atoms with van der Waals surface area (Å²) in [5.41, 5.74) is 5.76. The summed E-state index contributed by atoms with van der Waals surface area (Å²) >= 11 is 0. The maximum Gasteiger partial charge on any atom is 0.326 e. The van der Waals surface area contributed by atoms with Crippen molar-refractivity contribution in [2.45, 2.75) is 94.2 Å². The minimum absolute atomic E-state index is 0.0832. The van der Waals surface area contributed by atoms with E-state index in [1.165, 1.54) is 0 Å². The van der Waals surface area contributed by atoms with E-state index in [1.807, 2.05) is 0 Å². The molecule has 8 heteroatoms. The third-order valence-corrected chi connectivity index (χ3v) is 9.06. The number of aliphatic hydroxyl groups is 1. The Hall–Kier alpha value is -1.69. The summed E-state index contributed by atoms with van der Waals surface area (Å²) < 4.78 is 6.21. The molecule has 1 amide bonds. The van der Waals surface area contributed by atoms with E-state index in [2.05, 4.69) is 6.07 Å². The fourth-order valence-corrected chi connectivity index (χ4v) is 8.16. The minimum atomic E-state index is -0.839. The Balaban J connectivity index is 1.38. The fraction of sp³-hybridized carbons (Fsp3) is 0.875. The first-order valence-corrected chi connectivity index (χ1v) is 12.1. The molecule has 3 N–H and O–H groups in total. The lowest BCUT2D eigenvalue weighted by Crippen LogP contribution is -2.66. The van der Waals surface area contributed by atoms with Crippen molar-refractivity contribution < 1.29 is 19.4 Å². The highest BCUT2D eigenvalue weighted by molar-refractivity contribution is 5.84. The molecule has 5 saturated carbocycles. The van der Waals surface area contributed by atoms with Crippen LogP contribution in [0.25, 0.3) is 0 Å². The standard InChI is InChI=1S/C24H36N4O4/c1-13(29)19(27(2)3)22(31)32-24-9-14-4-15(10-24)8-23(7-14,12-24)20(26)21(30)28-17(11-25)5-16-6-18(16)28/h13-20,29H,4-10,12,26H2,1-3H3/t13?,14?,15?,16-,17+,18+,19+,20-,23?,24?/m1/s1. The fourth-order valence-electron chi connectivity index (χ4n) is 8.16. The zero-order chi connectivity index (χ0) is 23.0. The zero-order valence-electron chi connectivity index (χ0n) is 19.4. The number of hydrogen-bond donors (Lipinski definition) is 2. The second-order valence-electron chi connectivity index (χ2n) is 11.7. The molecule has 32 heavy (non-hydrogen) atoms. The Bertz CT molecular complexity index is 829. The Kier molecular flexibility index (Phi) is 5.12. The number of aliphatic hydroxyl groups excluding tert-OH is 1. The van der Waals surface area contributed by atoms with Crippen molar-refractivity contribution in [3.05, 3.63) is 0 Å². The number of nitriles is 1. The molecular formula is C24H36N4O4. The van der Waals surface area contributed by atoms with Gasteiger partial charge in [0.25, 0.3) is 0 Å². The molecule has 6 aliphatic rings. The molecule has 3 unspecified atom stereocenters. The van der Waals surface area contributed by atoms with Crippen molar-refractivity contribution in [3.8, 4) is 6.07 Å². The number of hydrogen-bond acceptors (Lipinski definition) is 7. The predicted octanol–water partition coefficient (Wildman–Crippen LogP) is 1.02. The van der Waals surface area contributed by atoms with Gasteiger partial charge in [-0.25, -0.2) is 0 Å². The van der Waals surface area contributed by atoms with Crippen molar-refractivity contribution >= 4 is 11.9 Å². The van der Waals surface area contributed by atoms with Gasteiger partial charge in [-0.05, 0) is 95.6 Å². The average Bonchev–Trinajstić information content (AvgIpc) is 3.34. The van der Waals surface area contributed by atoms with Gasteiger partial charge >= 0.3 is 5.97 Å². The number of esters is 1. The van der Waals surface area contributed by atoms with Crippen LogP contribution in [0.15, 0.2) is 0 Å². The van der Waals surface area contributed by atoms with Crippen molar-refractivity contribution in [2.75, 3.05) is 14.1 Å². The van der Waals surface area contributed by atoms with Crippen LogP contribution in [-0.2, 0) is 14.3 Å². The number of likely N-dealkylation sites (tertiary alicyclic amines) is 1. The molecule has 176 valence electrons. The summed E-state index contributed by atoms with van der Waals surface area (Å²) in [4.78, 5) is 30.1. The van der Waals surface area contributed by atoms with Crippen LogP contribution in [0.3, 0.4) is 0 Å². The van der Waals surface area contributed by atoms with E-state index in [-0.39, 0.29) is 23.4 Å². The molecule has 5 aliphatic carbocycles. The van der Waals surface area contributed by atoms with Gasteiger partial charge in [-0.2, -0.15) is 5.26 Å². The Morgan fingerprint density at radius 2 is 1.84 bits per heavy atom. The second-order valence-corrected chi connectivity index (χ2v) is 11.7. The quantitative estimate of drug-likeness (QED) is 0.587. The van der Waals surface area contributed by atoms with Gasteiger partial charge in [-0.15, -0.1) is 0 Å². The summed E-state index contributed by atoms with van der Waals surface area (Å²) in [7, 11) is 3.53. The lowest BCUT2D eigenvalue weighted by atomic mass is 9.46. The van der Waals surface area contributed by atoms with Crippen molar-refractivity contribution in [1.29, 1.82) is 5.26 Å². The van der Waals surface area contributed by atoms with E-state index >= 15 is 0 Å². The van der Waals surface area contributed by atoms with E-state index in [1.54, 1.807) is 30.8 Å². The highest BCUT2D eigenvalue weighted by Crippen LogP contribution is 2.64. The second kappa shape index (κ2) is 7.41. The molecule has 6 rings (SSSR count). The molecule has 8 nitrogen and oxygen atoms in total. The number of nitrogens with two attached hydrogens (primary N) is 1. The number of carbonyl (C=O) groups is 2. The maximum atomic E-state index is 13.6. The number of ether oxygens (including phenoxy) is 1. The molecule has 0 radical (unpaired) electrons. The first-order valence-electron chi connectivity index (χ1n) is 12.1. The summed E-state index contributed by atoms with van der Waals surface area (Å²) in [6, 6.07) is 0.749. The van der Waals surface area contributed by atoms with Crippen molar-refractivity contribution in [2.24, 2.45) is 28.9 Å². The molecule has 4 bridgehead atoms. The Labute approximate surface area is 190 Å². The smallest absolute Gasteiger partial charge is 0.326 e. The first kappa shape index (κ1) is 22.1. The number of nitrogens with zero attached hydrogens (tertiary/aromatic N) is 3. The average molecular weight is 445 g/mol. The van der Waals surface area contributed by atoms with Crippen LogP contribution >= 0.6 is 0 Å². The summed E-state index contributed by atoms with van der Waals surface area (Å²) in [6.07, 6.45) is 6.03. The van der Waals surface area contributed by atoms with Crippen molar-refractivity contribution in [1.82, 2.24) is 9.80 Å². The van der Waals surface area contributed by atoms with Gasteiger partial charge in [0.15, 0.2) is 0 Å². The minimum Gasteiger partial charge on any atom is -0.458 e. The van der Waals surface area contributed by atoms with E-state index in [0.29, 0.717) is 24.2 Å². The topological polar surface area (TPSA) is 120 Å². The van der Waals surface area contributed by atoms with Crippen LogP contribution < -0.4 is 5.73 Å². The lowest BCUT2D eigenvalue weighted by molar-refractivity contribution is -0.211. The van der Waals surface area contributed by atoms with Gasteiger partial charge in [-0.1, -0.05) is 0 Å². The van der Waals surface area contributed by atoms with Crippen LogP contribution in [0.2, 0.25) is 0 Å². The van der Waals surface area contributed by atoms with Gasteiger partial charge in [0.2, 0.25) is 5.91 Å². The van der Waals surface area contributed by atoms with Gasteiger partial charge in [0, 0.05) is 6.04 Å². The van der Waals surface area contributed by atoms with E-state index in [9.17, 15) is 20.0 Å². The molecular weight excluding hydrogens is 408 g/mol. The molecule has 0 aromatic carbocycles. The number of piperidine rings is 1. The molecule has 0 spiro atoms. The first-order chi connectivity index (χ1) is 15.1. The van der Waals surface area contributed by atoms with Crippen molar-refractivity contribution in [3.63, 3.8) is 0 Å². The van der Waals surface area contributed by atoms with Gasteiger partial charge < -0.3 is 20.5 Å². The van der Waals surface area contributed by atoms with Crippen LogP contribution in [0.5, 0.6) is 0 Å². The summed E-state index contributed by atoms with van der Waals surface area (Å²) in [6.45, 7) is 1.61. The lowest BCUT2D eigenvalue weighted by Gasteiger charge is -2.62. The maximum absolute atomic E-state index is 13.6. The molecule has 0 aromatic rings. The highest BCUT2D eigenvalue weighted by Gasteiger charge is 2.64. The zero-order valence-corrected chi connectivity index (χ0v) is 19.4. The van der Waals surface area contributed by atoms with Crippen LogP contribution in [0.1, 0.15) is 58.3 Å². The summed E-state index contributed by atoms with van der Waals surface area (Å²) in [5.74, 6) is 0.771. The van der Waals surface area contributed by atoms with Gasteiger partial charge in [-0.3, -0.25) is 14.5 Å². The Morgan fingerprint density at radius 1 is 1.19 bits per heavy atom. The molecule has 1 heterocycles. The third kappa shape index (κ3) is 3.36. The Morgan fingerprint density at radius 3 is 2.41 bits per heavy atom. The van der Waals surface area contributed by atoms with Crippen LogP contribution in [-0.4, -0.2) is 76.8 Å². The van der Waals surface area contributed by atoms with E-state index < -0.39 is 29.8 Å². The normalized spacial score (nSPS) is 44.0. The molecule has 1 aliphatic heterocycles. The van der Waals surface area contributed by atoms with Crippen LogP contribution in [0, 0.1) is 34.5 Å². The number of rotatable bonds is 6. The largest absolute Gasteiger partial charge is 0.458 e. The third-order valence-electron chi connectivity index (χ3n) is 9.06. The molecule has 0 aromatic heterocycles. The van der Waals surface area contributed by atoms with E-state index in [4.69, 9.17) is 10.5 Å². The van der Waals surface area contributed by atoms with Crippen LogP contribution in [0.4, 0.5) is 0 Å². The number of fused-ring (bicyclic) bond motifs is 1. The van der Waals surface area contributed by atoms with E-state index in [0.717, 1.165) is 44.9 Å². The molecule has 6 fully saturated rings. The SMILES string of the molecule is CC(O)[C@@H](C(=O)OC12CC3CC(C1)CC([C@H](N)C(=O)N1[C@H](C#N)C[C@@H]4C[C@@H]41)(C3)C2)N(C)C. The highest BCUT2D eigenvalue weighted by atomic mass is 16.6. The monoisotopic (exact) mass is 444 g/mol. The number of amides is 1. The van der Waals surface area contributed by atoms with Gasteiger partial charge in [0.05, 0.1) is 18.2 Å². The summed E-state index contributed by atoms with van der Waals surface area (Å²) in [5, 5.41) is 19.7.